The number of hydrogen-bond acceptors (Lipinski definition) is 7. The number of aromatic nitrogens is 2. The van der Waals surface area contributed by atoms with Crippen molar-refractivity contribution in [2.24, 2.45) is 0 Å². The van der Waals surface area contributed by atoms with E-state index in [1.807, 2.05) is 29.6 Å². The minimum atomic E-state index is 0.194. The van der Waals surface area contributed by atoms with Gasteiger partial charge in [-0.15, -0.1) is 0 Å². The van der Waals surface area contributed by atoms with Gasteiger partial charge in [-0.3, -0.25) is 4.98 Å². The second-order valence-corrected chi connectivity index (χ2v) is 5.70. The van der Waals surface area contributed by atoms with Crippen molar-refractivity contribution in [3.05, 3.63) is 35.8 Å². The lowest BCUT2D eigenvalue weighted by Gasteiger charge is -2.08. The maximum atomic E-state index is 5.50. The number of ether oxygens (including phenoxy) is 4. The van der Waals surface area contributed by atoms with Crippen molar-refractivity contribution in [3.63, 3.8) is 0 Å². The standard InChI is InChI=1S/C17H14N2O4S/c1-20-11-3-4-13(18-7-11)12-8-24-19-16(12)10-5-14(21-2)17-15(6-10)22-9-23-17/h3-8H,9H2,1-2H3. The van der Waals surface area contributed by atoms with Crippen molar-refractivity contribution in [3.8, 4) is 45.5 Å². The SMILES string of the molecule is COc1ccc(-c2csnc2-c2cc(OC)c3c(c2)OCO3)nc1. The fourth-order valence-corrected chi connectivity index (χ4v) is 3.25. The number of pyridine rings is 1. The van der Waals surface area contributed by atoms with Crippen LogP contribution >= 0.6 is 11.5 Å². The third-order valence-corrected chi connectivity index (χ3v) is 4.38. The Labute approximate surface area is 142 Å². The Hall–Kier alpha value is -2.80. The summed E-state index contributed by atoms with van der Waals surface area (Å²) < 4.78 is 26.0. The van der Waals surface area contributed by atoms with Crippen molar-refractivity contribution < 1.29 is 18.9 Å². The summed E-state index contributed by atoms with van der Waals surface area (Å²) in [6.45, 7) is 0.194. The lowest BCUT2D eigenvalue weighted by atomic mass is 10.0. The Balaban J connectivity index is 1.80. The highest BCUT2D eigenvalue weighted by Gasteiger charge is 2.22. The molecule has 0 unspecified atom stereocenters. The number of nitrogens with zero attached hydrogens (tertiary/aromatic N) is 2. The molecule has 0 fully saturated rings. The lowest BCUT2D eigenvalue weighted by Crippen LogP contribution is -1.93. The molecule has 0 saturated heterocycles. The van der Waals surface area contributed by atoms with Gasteiger partial charge < -0.3 is 18.9 Å². The van der Waals surface area contributed by atoms with Gasteiger partial charge >= 0.3 is 0 Å². The Kier molecular flexibility index (Phi) is 3.70. The molecule has 3 aromatic rings. The molecule has 0 bridgehead atoms. The quantitative estimate of drug-likeness (QED) is 0.722. The van der Waals surface area contributed by atoms with Gasteiger partial charge in [-0.1, -0.05) is 0 Å². The van der Waals surface area contributed by atoms with Gasteiger partial charge in [-0.05, 0) is 35.8 Å². The van der Waals surface area contributed by atoms with Gasteiger partial charge in [0, 0.05) is 16.5 Å². The average Bonchev–Trinajstić information content (AvgIpc) is 3.29. The van der Waals surface area contributed by atoms with Crippen molar-refractivity contribution in [2.75, 3.05) is 21.0 Å². The highest BCUT2D eigenvalue weighted by molar-refractivity contribution is 7.04. The van der Waals surface area contributed by atoms with Crippen LogP contribution < -0.4 is 18.9 Å². The molecule has 0 amide bonds. The zero-order chi connectivity index (χ0) is 16.5. The number of rotatable bonds is 4. The molecular formula is C17H14N2O4S. The Morgan fingerprint density at radius 1 is 1.12 bits per heavy atom. The molecule has 4 rings (SSSR count). The molecule has 24 heavy (non-hydrogen) atoms. The van der Waals surface area contributed by atoms with Gasteiger partial charge in [0.2, 0.25) is 12.5 Å². The van der Waals surface area contributed by atoms with Crippen molar-refractivity contribution in [2.45, 2.75) is 0 Å². The van der Waals surface area contributed by atoms with Crippen LogP contribution in [0.15, 0.2) is 35.8 Å². The maximum absolute atomic E-state index is 5.50. The molecule has 1 aliphatic rings. The highest BCUT2D eigenvalue weighted by atomic mass is 32.1. The van der Waals surface area contributed by atoms with E-state index in [9.17, 15) is 0 Å². The topological polar surface area (TPSA) is 62.7 Å². The van der Waals surface area contributed by atoms with E-state index in [1.54, 1.807) is 20.4 Å². The highest BCUT2D eigenvalue weighted by Crippen LogP contribution is 2.45. The van der Waals surface area contributed by atoms with Crippen LogP contribution in [0.1, 0.15) is 0 Å². The fourth-order valence-electron chi connectivity index (χ4n) is 2.55. The summed E-state index contributed by atoms with van der Waals surface area (Å²) in [5.74, 6) is 2.63. The van der Waals surface area contributed by atoms with Crippen LogP contribution in [0.2, 0.25) is 0 Å². The molecular weight excluding hydrogens is 328 g/mol. The van der Waals surface area contributed by atoms with Crippen LogP contribution in [0.3, 0.4) is 0 Å². The largest absolute Gasteiger partial charge is 0.495 e. The number of fused-ring (bicyclic) bond motifs is 1. The molecule has 1 aliphatic heterocycles. The third-order valence-electron chi connectivity index (χ3n) is 3.75. The summed E-state index contributed by atoms with van der Waals surface area (Å²) in [5, 5.41) is 1.97. The predicted molar refractivity (Wildman–Crippen MR) is 90.0 cm³/mol. The molecule has 3 heterocycles. The van der Waals surface area contributed by atoms with Gasteiger partial charge in [0.15, 0.2) is 11.5 Å². The van der Waals surface area contributed by atoms with E-state index in [-0.39, 0.29) is 6.79 Å². The van der Waals surface area contributed by atoms with Crippen LogP contribution in [0.4, 0.5) is 0 Å². The monoisotopic (exact) mass is 342 g/mol. The second-order valence-electron chi connectivity index (χ2n) is 5.07. The summed E-state index contributed by atoms with van der Waals surface area (Å²) in [5.41, 5.74) is 3.50. The predicted octanol–water partition coefficient (Wildman–Crippen LogP) is 3.62. The van der Waals surface area contributed by atoms with Crippen molar-refractivity contribution in [1.29, 1.82) is 0 Å². The molecule has 2 aromatic heterocycles. The van der Waals surface area contributed by atoms with Gasteiger partial charge in [-0.25, -0.2) is 0 Å². The van der Waals surface area contributed by atoms with Crippen LogP contribution in [-0.4, -0.2) is 30.4 Å². The van der Waals surface area contributed by atoms with Gasteiger partial charge in [0.1, 0.15) is 5.75 Å². The van der Waals surface area contributed by atoms with E-state index in [1.165, 1.54) is 11.5 Å². The fraction of sp³-hybridized carbons (Fsp3) is 0.176. The Morgan fingerprint density at radius 3 is 2.79 bits per heavy atom. The number of benzene rings is 1. The first-order valence-corrected chi connectivity index (χ1v) is 8.06. The van der Waals surface area contributed by atoms with E-state index in [0.717, 1.165) is 22.5 Å². The van der Waals surface area contributed by atoms with Crippen molar-refractivity contribution in [1.82, 2.24) is 9.36 Å². The number of hydrogen-bond donors (Lipinski definition) is 0. The molecule has 0 N–H and O–H groups in total. The Morgan fingerprint density at radius 2 is 2.04 bits per heavy atom. The first-order chi connectivity index (χ1) is 11.8. The van der Waals surface area contributed by atoms with Crippen molar-refractivity contribution >= 4 is 11.5 Å². The molecule has 0 saturated carbocycles. The van der Waals surface area contributed by atoms with Gasteiger partial charge in [0.25, 0.3) is 0 Å². The first kappa shape index (κ1) is 14.8. The van der Waals surface area contributed by atoms with Gasteiger partial charge in [0.05, 0.1) is 31.8 Å². The molecule has 0 aliphatic carbocycles. The lowest BCUT2D eigenvalue weighted by molar-refractivity contribution is 0.171. The summed E-state index contributed by atoms with van der Waals surface area (Å²) in [4.78, 5) is 4.45. The van der Waals surface area contributed by atoms with Crippen LogP contribution in [0.25, 0.3) is 22.5 Å². The van der Waals surface area contributed by atoms with E-state index in [4.69, 9.17) is 18.9 Å². The summed E-state index contributed by atoms with van der Waals surface area (Å²) in [6.07, 6.45) is 1.69. The molecule has 122 valence electrons. The molecule has 7 heteroatoms. The smallest absolute Gasteiger partial charge is 0.231 e. The zero-order valence-electron chi connectivity index (χ0n) is 13.1. The van der Waals surface area contributed by atoms with Crippen LogP contribution in [-0.2, 0) is 0 Å². The normalized spacial score (nSPS) is 12.2. The molecule has 0 spiro atoms. The van der Waals surface area contributed by atoms with Crippen LogP contribution in [0, 0.1) is 0 Å². The summed E-state index contributed by atoms with van der Waals surface area (Å²) in [6, 6.07) is 7.60. The molecule has 0 atom stereocenters. The van der Waals surface area contributed by atoms with E-state index in [0.29, 0.717) is 23.0 Å². The van der Waals surface area contributed by atoms with Gasteiger partial charge in [-0.2, -0.15) is 4.37 Å². The summed E-state index contributed by atoms with van der Waals surface area (Å²) >= 11 is 1.38. The maximum Gasteiger partial charge on any atom is 0.231 e. The second kappa shape index (κ2) is 6.01. The third kappa shape index (κ3) is 2.43. The Bertz CT molecular complexity index is 877. The summed E-state index contributed by atoms with van der Waals surface area (Å²) in [7, 11) is 3.22. The molecule has 6 nitrogen and oxygen atoms in total. The van der Waals surface area contributed by atoms with E-state index < -0.39 is 0 Å². The average molecular weight is 342 g/mol. The van der Waals surface area contributed by atoms with E-state index >= 15 is 0 Å². The zero-order valence-corrected chi connectivity index (χ0v) is 13.9. The first-order valence-electron chi connectivity index (χ1n) is 7.23. The van der Waals surface area contributed by atoms with Crippen LogP contribution in [0.5, 0.6) is 23.0 Å². The minimum absolute atomic E-state index is 0.194. The van der Waals surface area contributed by atoms with E-state index in [2.05, 4.69) is 9.36 Å². The minimum Gasteiger partial charge on any atom is -0.495 e. The molecule has 1 aromatic carbocycles. The molecule has 0 radical (unpaired) electrons. The number of methoxy groups -OCH3 is 2.